The molecule has 0 unspecified atom stereocenters. The Morgan fingerprint density at radius 3 is 2.44 bits per heavy atom. The number of nitro groups is 1. The van der Waals surface area contributed by atoms with Crippen molar-refractivity contribution in [2.24, 2.45) is 5.10 Å². The summed E-state index contributed by atoms with van der Waals surface area (Å²) in [6.45, 7) is 0. The first-order valence-electron chi connectivity index (χ1n) is 8.37. The summed E-state index contributed by atoms with van der Waals surface area (Å²) < 4.78 is 0. The Kier molecular flexibility index (Phi) is 5.25. The van der Waals surface area contributed by atoms with E-state index in [-0.39, 0.29) is 18.5 Å². The monoisotopic (exact) mass is 367 g/mol. The Morgan fingerprint density at radius 1 is 1.11 bits per heavy atom. The number of benzene rings is 2. The summed E-state index contributed by atoms with van der Waals surface area (Å²) in [5.74, 6) is -1.57. The quantitative estimate of drug-likeness (QED) is 0.622. The smallest absolute Gasteiger partial charge is 0.303 e. The second kappa shape index (κ2) is 7.77. The van der Waals surface area contributed by atoms with Crippen LogP contribution in [0.3, 0.4) is 0 Å². The van der Waals surface area contributed by atoms with E-state index in [9.17, 15) is 19.7 Å². The largest absolute Gasteiger partial charge is 0.481 e. The summed E-state index contributed by atoms with van der Waals surface area (Å²) in [7, 11) is 0. The summed E-state index contributed by atoms with van der Waals surface area (Å²) in [6, 6.07) is 14.8. The van der Waals surface area contributed by atoms with Crippen LogP contribution < -0.4 is 0 Å². The van der Waals surface area contributed by atoms with Crippen molar-refractivity contribution in [1.29, 1.82) is 0 Å². The predicted molar refractivity (Wildman–Crippen MR) is 97.1 cm³/mol. The Labute approximate surface area is 154 Å². The minimum Gasteiger partial charge on any atom is -0.481 e. The Morgan fingerprint density at radius 2 is 1.78 bits per heavy atom. The molecule has 1 heterocycles. The molecule has 1 aliphatic heterocycles. The molecular weight excluding hydrogens is 350 g/mol. The van der Waals surface area contributed by atoms with Gasteiger partial charge in [-0.2, -0.15) is 5.10 Å². The number of nitrogens with zero attached hydrogens (tertiary/aromatic N) is 3. The van der Waals surface area contributed by atoms with Crippen LogP contribution in [0, 0.1) is 10.1 Å². The van der Waals surface area contributed by atoms with Crippen molar-refractivity contribution in [1.82, 2.24) is 5.01 Å². The van der Waals surface area contributed by atoms with Crippen LogP contribution in [-0.4, -0.2) is 32.6 Å². The lowest BCUT2D eigenvalue weighted by atomic mass is 9.97. The Bertz CT molecular complexity index is 911. The van der Waals surface area contributed by atoms with Crippen molar-refractivity contribution in [2.45, 2.75) is 25.3 Å². The fourth-order valence-corrected chi connectivity index (χ4v) is 3.05. The average Bonchev–Trinajstić information content (AvgIpc) is 3.12. The maximum atomic E-state index is 12.6. The van der Waals surface area contributed by atoms with Crippen molar-refractivity contribution in [3.05, 3.63) is 75.8 Å². The minimum absolute atomic E-state index is 0.0944. The van der Waals surface area contributed by atoms with Crippen LogP contribution in [0.4, 0.5) is 5.69 Å². The number of carbonyl (C=O) groups is 2. The summed E-state index contributed by atoms with van der Waals surface area (Å²) >= 11 is 0. The second-order valence-corrected chi connectivity index (χ2v) is 6.08. The SMILES string of the molecule is O=C(O)CCC(=O)N1N=C(c2ccccc2)C[C@H]1c1ccccc1[N+](=O)[O-]. The number of nitro benzene ring substituents is 1. The lowest BCUT2D eigenvalue weighted by Gasteiger charge is -2.21. The van der Waals surface area contributed by atoms with E-state index in [0.717, 1.165) is 5.56 Å². The topological polar surface area (TPSA) is 113 Å². The Balaban J connectivity index is 1.98. The van der Waals surface area contributed by atoms with E-state index in [2.05, 4.69) is 5.10 Å². The van der Waals surface area contributed by atoms with Crippen molar-refractivity contribution >= 4 is 23.3 Å². The zero-order valence-corrected chi connectivity index (χ0v) is 14.3. The highest BCUT2D eigenvalue weighted by Crippen LogP contribution is 2.37. The fraction of sp³-hybridized carbons (Fsp3) is 0.211. The molecule has 0 aliphatic carbocycles. The minimum atomic E-state index is -1.09. The van der Waals surface area contributed by atoms with Crippen LogP contribution in [0.25, 0.3) is 0 Å². The summed E-state index contributed by atoms with van der Waals surface area (Å²) in [6.07, 6.45) is -0.235. The maximum Gasteiger partial charge on any atom is 0.303 e. The average molecular weight is 367 g/mol. The van der Waals surface area contributed by atoms with Crippen LogP contribution in [0.15, 0.2) is 59.7 Å². The van der Waals surface area contributed by atoms with Gasteiger partial charge in [-0.25, -0.2) is 5.01 Å². The third-order valence-corrected chi connectivity index (χ3v) is 4.32. The lowest BCUT2D eigenvalue weighted by Crippen LogP contribution is -2.27. The van der Waals surface area contributed by atoms with Gasteiger partial charge < -0.3 is 5.11 Å². The highest BCUT2D eigenvalue weighted by Gasteiger charge is 2.36. The number of hydrogen-bond acceptors (Lipinski definition) is 5. The van der Waals surface area contributed by atoms with Gasteiger partial charge in [0.25, 0.3) is 5.69 Å². The zero-order chi connectivity index (χ0) is 19.4. The molecule has 1 aliphatic rings. The third-order valence-electron chi connectivity index (χ3n) is 4.32. The van der Waals surface area contributed by atoms with Crippen LogP contribution in [0.1, 0.15) is 36.4 Å². The molecule has 2 aromatic carbocycles. The normalized spacial score (nSPS) is 16.1. The van der Waals surface area contributed by atoms with Gasteiger partial charge in [-0.05, 0) is 11.6 Å². The molecule has 0 aromatic heterocycles. The number of hydrazone groups is 1. The first kappa shape index (κ1) is 18.2. The van der Waals surface area contributed by atoms with Gasteiger partial charge in [-0.3, -0.25) is 19.7 Å². The van der Waals surface area contributed by atoms with E-state index >= 15 is 0 Å². The van der Waals surface area contributed by atoms with Gasteiger partial charge in [0, 0.05) is 18.9 Å². The number of hydrogen-bond donors (Lipinski definition) is 1. The highest BCUT2D eigenvalue weighted by molar-refractivity contribution is 6.03. The number of carbonyl (C=O) groups excluding carboxylic acids is 1. The molecular formula is C19H17N3O5. The highest BCUT2D eigenvalue weighted by atomic mass is 16.6. The molecule has 3 rings (SSSR count). The van der Waals surface area contributed by atoms with E-state index in [1.54, 1.807) is 18.2 Å². The molecule has 138 valence electrons. The second-order valence-electron chi connectivity index (χ2n) is 6.08. The van der Waals surface area contributed by atoms with E-state index in [1.807, 2.05) is 30.3 Å². The zero-order valence-electron chi connectivity index (χ0n) is 14.3. The van der Waals surface area contributed by atoms with Gasteiger partial charge in [0.1, 0.15) is 0 Å². The van der Waals surface area contributed by atoms with Gasteiger partial charge in [0.15, 0.2) is 0 Å². The van der Waals surface area contributed by atoms with E-state index in [1.165, 1.54) is 11.1 Å². The molecule has 2 aromatic rings. The van der Waals surface area contributed by atoms with Crippen molar-refractivity contribution < 1.29 is 19.6 Å². The number of carboxylic acids is 1. The molecule has 1 atom stereocenters. The van der Waals surface area contributed by atoms with Crippen LogP contribution in [0.5, 0.6) is 0 Å². The van der Waals surface area contributed by atoms with Gasteiger partial charge >= 0.3 is 5.97 Å². The molecule has 0 saturated carbocycles. The van der Waals surface area contributed by atoms with Crippen LogP contribution in [-0.2, 0) is 9.59 Å². The van der Waals surface area contributed by atoms with Crippen molar-refractivity contribution in [2.75, 3.05) is 0 Å². The summed E-state index contributed by atoms with van der Waals surface area (Å²) in [4.78, 5) is 34.3. The lowest BCUT2D eigenvalue weighted by molar-refractivity contribution is -0.385. The molecule has 0 fully saturated rings. The van der Waals surface area contributed by atoms with Crippen molar-refractivity contribution in [3.8, 4) is 0 Å². The standard InChI is InChI=1S/C19H17N3O5/c23-18(10-11-19(24)25)21-17(14-8-4-5-9-16(14)22(26)27)12-15(20-21)13-6-2-1-3-7-13/h1-9,17H,10-12H2,(H,24,25)/t17-/m0/s1. The number of amides is 1. The fourth-order valence-electron chi connectivity index (χ4n) is 3.05. The molecule has 1 N–H and O–H groups in total. The summed E-state index contributed by atoms with van der Waals surface area (Å²) in [5.41, 5.74) is 1.72. The predicted octanol–water partition coefficient (Wildman–Crippen LogP) is 3.14. The molecule has 0 spiro atoms. The summed E-state index contributed by atoms with van der Waals surface area (Å²) in [5, 5.41) is 25.8. The number of rotatable bonds is 6. The molecule has 27 heavy (non-hydrogen) atoms. The molecule has 1 amide bonds. The van der Waals surface area contributed by atoms with Gasteiger partial charge in [-0.1, -0.05) is 42.5 Å². The van der Waals surface area contributed by atoms with Gasteiger partial charge in [-0.15, -0.1) is 0 Å². The number of carboxylic acid groups (broad SMARTS) is 1. The van der Waals surface area contributed by atoms with Gasteiger partial charge in [0.05, 0.1) is 28.7 Å². The maximum absolute atomic E-state index is 12.6. The molecule has 8 heteroatoms. The first-order valence-corrected chi connectivity index (χ1v) is 8.37. The van der Waals surface area contributed by atoms with E-state index in [0.29, 0.717) is 17.7 Å². The molecule has 0 saturated heterocycles. The first-order chi connectivity index (χ1) is 13.0. The van der Waals surface area contributed by atoms with E-state index < -0.39 is 22.8 Å². The van der Waals surface area contributed by atoms with Crippen LogP contribution >= 0.6 is 0 Å². The van der Waals surface area contributed by atoms with Crippen molar-refractivity contribution in [3.63, 3.8) is 0 Å². The molecule has 0 bridgehead atoms. The number of aliphatic carboxylic acids is 1. The molecule has 0 radical (unpaired) electrons. The third kappa shape index (κ3) is 4.00. The van der Waals surface area contributed by atoms with E-state index in [4.69, 9.17) is 5.11 Å². The van der Waals surface area contributed by atoms with Crippen LogP contribution in [0.2, 0.25) is 0 Å². The Hall–Kier alpha value is -3.55. The molecule has 8 nitrogen and oxygen atoms in total. The van der Waals surface area contributed by atoms with Gasteiger partial charge in [0.2, 0.25) is 5.91 Å². The number of para-hydroxylation sites is 1.